The normalized spacial score (nSPS) is 28.5. The maximum atomic E-state index is 9.11. The highest BCUT2D eigenvalue weighted by Gasteiger charge is 2.38. The first-order valence-corrected chi connectivity index (χ1v) is 10.5. The van der Waals surface area contributed by atoms with Gasteiger partial charge in [-0.2, -0.15) is 0 Å². The van der Waals surface area contributed by atoms with E-state index >= 15 is 0 Å². The fourth-order valence-corrected chi connectivity index (χ4v) is 3.16. The van der Waals surface area contributed by atoms with E-state index in [1.807, 2.05) is 0 Å². The Bertz CT molecular complexity index is 323. The standard InChI is InChI=1S/C14H28O.C6H12O5/c1-2-3-4-5-6-7-8-9-10-11-12-14-13-15-14;7-1-3(8)6-5(10)4(9)2-11-6/h14H,2-13H2,1H3;3-10H,1-2H2/t;3-,4+,5-,6-/m.1/s1. The molecule has 0 amide bonds. The van der Waals surface area contributed by atoms with Crippen molar-refractivity contribution in [2.24, 2.45) is 0 Å². The Morgan fingerprint density at radius 2 is 1.38 bits per heavy atom. The molecule has 0 aliphatic carbocycles. The van der Waals surface area contributed by atoms with Crippen LogP contribution in [0.2, 0.25) is 0 Å². The molecule has 6 nitrogen and oxygen atoms in total. The Hall–Kier alpha value is -0.240. The van der Waals surface area contributed by atoms with E-state index in [9.17, 15) is 0 Å². The van der Waals surface area contributed by atoms with Crippen LogP contribution in [0, 0.1) is 0 Å². The predicted molar refractivity (Wildman–Crippen MR) is 101 cm³/mol. The smallest absolute Gasteiger partial charge is 0.114 e. The molecule has 0 bridgehead atoms. The number of unbranched alkanes of at least 4 members (excludes halogenated alkanes) is 9. The van der Waals surface area contributed by atoms with Gasteiger partial charge in [0.15, 0.2) is 0 Å². The lowest BCUT2D eigenvalue weighted by atomic mass is 10.1. The lowest BCUT2D eigenvalue weighted by Gasteiger charge is -2.18. The number of hydrogen-bond acceptors (Lipinski definition) is 6. The molecule has 6 heteroatoms. The Kier molecular flexibility index (Phi) is 13.5. The summed E-state index contributed by atoms with van der Waals surface area (Å²) in [7, 11) is 0. The molecule has 2 heterocycles. The van der Waals surface area contributed by atoms with Gasteiger partial charge in [-0.05, 0) is 6.42 Å². The minimum atomic E-state index is -1.12. The molecular weight excluding hydrogens is 336 g/mol. The molecule has 0 aromatic carbocycles. The van der Waals surface area contributed by atoms with E-state index in [1.165, 1.54) is 70.6 Å². The van der Waals surface area contributed by atoms with E-state index in [0.717, 1.165) is 6.61 Å². The second-order valence-electron chi connectivity index (χ2n) is 7.53. The summed E-state index contributed by atoms with van der Waals surface area (Å²) < 4.78 is 10.0. The third-order valence-electron chi connectivity index (χ3n) is 5.04. The maximum absolute atomic E-state index is 9.11. The third-order valence-corrected chi connectivity index (χ3v) is 5.04. The monoisotopic (exact) mass is 376 g/mol. The van der Waals surface area contributed by atoms with Gasteiger partial charge in [0, 0.05) is 0 Å². The van der Waals surface area contributed by atoms with Gasteiger partial charge < -0.3 is 29.9 Å². The number of hydrogen-bond donors (Lipinski definition) is 4. The van der Waals surface area contributed by atoms with Crippen molar-refractivity contribution >= 4 is 0 Å². The fourth-order valence-electron chi connectivity index (χ4n) is 3.16. The van der Waals surface area contributed by atoms with Crippen LogP contribution in [0.5, 0.6) is 0 Å². The number of aliphatic hydroxyl groups is 4. The van der Waals surface area contributed by atoms with Crippen LogP contribution in [0.15, 0.2) is 0 Å². The summed E-state index contributed by atoms with van der Waals surface area (Å²) in [6.45, 7) is 2.85. The summed E-state index contributed by atoms with van der Waals surface area (Å²) in [5.41, 5.74) is 0. The molecule has 2 aliphatic rings. The number of ether oxygens (including phenoxy) is 2. The molecule has 26 heavy (non-hydrogen) atoms. The van der Waals surface area contributed by atoms with Crippen LogP contribution in [-0.4, -0.2) is 70.8 Å². The highest BCUT2D eigenvalue weighted by atomic mass is 16.6. The van der Waals surface area contributed by atoms with Gasteiger partial charge in [-0.25, -0.2) is 0 Å². The van der Waals surface area contributed by atoms with Gasteiger partial charge in [-0.1, -0.05) is 71.1 Å². The first-order valence-electron chi connectivity index (χ1n) is 10.5. The second-order valence-corrected chi connectivity index (χ2v) is 7.53. The van der Waals surface area contributed by atoms with Gasteiger partial charge in [0.05, 0.1) is 25.9 Å². The summed E-state index contributed by atoms with van der Waals surface area (Å²) in [5.74, 6) is 0. The van der Waals surface area contributed by atoms with E-state index in [-0.39, 0.29) is 6.61 Å². The van der Waals surface area contributed by atoms with Crippen LogP contribution in [-0.2, 0) is 9.47 Å². The molecule has 5 atom stereocenters. The Labute approximate surface area is 158 Å². The second kappa shape index (κ2) is 14.8. The van der Waals surface area contributed by atoms with Crippen molar-refractivity contribution in [3.8, 4) is 0 Å². The van der Waals surface area contributed by atoms with Crippen LogP contribution >= 0.6 is 0 Å². The van der Waals surface area contributed by atoms with Crippen molar-refractivity contribution < 1.29 is 29.9 Å². The number of epoxide rings is 1. The molecule has 0 saturated carbocycles. The highest BCUT2D eigenvalue weighted by molar-refractivity contribution is 4.87. The van der Waals surface area contributed by atoms with Crippen molar-refractivity contribution in [2.75, 3.05) is 19.8 Å². The zero-order valence-corrected chi connectivity index (χ0v) is 16.4. The largest absolute Gasteiger partial charge is 0.394 e. The van der Waals surface area contributed by atoms with Crippen LogP contribution < -0.4 is 0 Å². The maximum Gasteiger partial charge on any atom is 0.114 e. The zero-order valence-electron chi connectivity index (χ0n) is 16.4. The molecule has 0 spiro atoms. The quantitative estimate of drug-likeness (QED) is 0.290. The summed E-state index contributed by atoms with van der Waals surface area (Å²) in [6, 6.07) is 0. The highest BCUT2D eigenvalue weighted by Crippen LogP contribution is 2.18. The van der Waals surface area contributed by atoms with E-state index < -0.39 is 31.0 Å². The molecule has 4 N–H and O–H groups in total. The van der Waals surface area contributed by atoms with Crippen molar-refractivity contribution in [2.45, 2.75) is 108 Å². The van der Waals surface area contributed by atoms with Crippen LogP contribution in [0.1, 0.15) is 77.6 Å². The lowest BCUT2D eigenvalue weighted by molar-refractivity contribution is -0.0684. The van der Waals surface area contributed by atoms with Gasteiger partial charge in [-0.3, -0.25) is 0 Å². The van der Waals surface area contributed by atoms with Crippen molar-refractivity contribution in [3.05, 3.63) is 0 Å². The van der Waals surface area contributed by atoms with Gasteiger partial charge in [-0.15, -0.1) is 0 Å². The zero-order chi connectivity index (χ0) is 19.2. The molecule has 1 unspecified atom stereocenters. The van der Waals surface area contributed by atoms with E-state index in [0.29, 0.717) is 6.10 Å². The first-order chi connectivity index (χ1) is 12.6. The molecule has 2 rings (SSSR count). The molecule has 0 aromatic heterocycles. The Morgan fingerprint density at radius 1 is 0.846 bits per heavy atom. The number of rotatable bonds is 13. The molecular formula is C20H40O6. The van der Waals surface area contributed by atoms with Crippen LogP contribution in [0.4, 0.5) is 0 Å². The molecule has 0 radical (unpaired) electrons. The molecule has 2 saturated heterocycles. The van der Waals surface area contributed by atoms with Gasteiger partial charge in [0.2, 0.25) is 0 Å². The summed E-state index contributed by atoms with van der Waals surface area (Å²) in [6.07, 6.45) is 12.3. The molecule has 156 valence electrons. The van der Waals surface area contributed by atoms with Gasteiger partial charge >= 0.3 is 0 Å². The summed E-state index contributed by atoms with van der Waals surface area (Å²) in [5, 5.41) is 35.5. The van der Waals surface area contributed by atoms with Crippen molar-refractivity contribution in [1.82, 2.24) is 0 Å². The predicted octanol–water partition coefficient (Wildman–Crippen LogP) is 2.16. The van der Waals surface area contributed by atoms with Crippen molar-refractivity contribution in [1.29, 1.82) is 0 Å². The topological polar surface area (TPSA) is 103 Å². The average Bonchev–Trinajstić information content (AvgIpc) is 3.41. The van der Waals surface area contributed by atoms with Gasteiger partial charge in [0.1, 0.15) is 24.4 Å². The fraction of sp³-hybridized carbons (Fsp3) is 1.00. The average molecular weight is 377 g/mol. The van der Waals surface area contributed by atoms with E-state index in [2.05, 4.69) is 6.92 Å². The number of aliphatic hydroxyl groups excluding tert-OH is 4. The molecule has 2 aliphatic heterocycles. The lowest BCUT2D eigenvalue weighted by Crippen LogP contribution is -2.40. The van der Waals surface area contributed by atoms with E-state index in [1.54, 1.807) is 0 Å². The summed E-state index contributed by atoms with van der Waals surface area (Å²) >= 11 is 0. The minimum absolute atomic E-state index is 0.00287. The third kappa shape index (κ3) is 10.8. The Morgan fingerprint density at radius 3 is 1.81 bits per heavy atom. The minimum Gasteiger partial charge on any atom is -0.394 e. The Balaban J connectivity index is 0.000000273. The molecule has 0 aromatic rings. The summed E-state index contributed by atoms with van der Waals surface area (Å²) in [4.78, 5) is 0. The van der Waals surface area contributed by atoms with Gasteiger partial charge in [0.25, 0.3) is 0 Å². The SMILES string of the molecule is CCCCCCCCCCCCC1CO1.OC[C@@H](O)[C@H]1OC[C@H](O)[C@H]1O. The molecule has 2 fully saturated rings. The van der Waals surface area contributed by atoms with Crippen LogP contribution in [0.25, 0.3) is 0 Å². The first kappa shape index (κ1) is 23.8. The van der Waals surface area contributed by atoms with E-state index in [4.69, 9.17) is 29.9 Å². The van der Waals surface area contributed by atoms with Crippen molar-refractivity contribution in [3.63, 3.8) is 0 Å². The van der Waals surface area contributed by atoms with Crippen LogP contribution in [0.3, 0.4) is 0 Å².